The first-order valence-electron chi connectivity index (χ1n) is 8.20. The van der Waals surface area contributed by atoms with Gasteiger partial charge in [-0.3, -0.25) is 9.48 Å². The number of benzene rings is 1. The summed E-state index contributed by atoms with van der Waals surface area (Å²) in [6.45, 7) is 4.42. The van der Waals surface area contributed by atoms with Crippen molar-refractivity contribution in [2.45, 2.75) is 13.8 Å². The lowest BCUT2D eigenvalue weighted by Crippen LogP contribution is -2.27. The number of anilines is 1. The second kappa shape index (κ2) is 6.64. The van der Waals surface area contributed by atoms with E-state index in [0.717, 1.165) is 39.1 Å². The SMILES string of the molecule is Cc1cc2c(C)cc(-c3ccnn3C)nc2cc1NC(=O)CN(C)C. The van der Waals surface area contributed by atoms with Crippen LogP contribution in [0.2, 0.25) is 0 Å². The maximum absolute atomic E-state index is 12.1. The smallest absolute Gasteiger partial charge is 0.238 e. The average Bonchev–Trinajstić information content (AvgIpc) is 2.94. The second-order valence-corrected chi connectivity index (χ2v) is 6.63. The lowest BCUT2D eigenvalue weighted by Gasteiger charge is -2.14. The van der Waals surface area contributed by atoms with Gasteiger partial charge < -0.3 is 10.2 Å². The molecule has 3 aromatic rings. The van der Waals surface area contributed by atoms with E-state index in [1.54, 1.807) is 6.20 Å². The van der Waals surface area contributed by atoms with E-state index >= 15 is 0 Å². The van der Waals surface area contributed by atoms with Crippen molar-refractivity contribution in [1.82, 2.24) is 19.7 Å². The van der Waals surface area contributed by atoms with E-state index in [9.17, 15) is 4.79 Å². The Hall–Kier alpha value is -2.73. The number of carbonyl (C=O) groups excluding carboxylic acids is 1. The summed E-state index contributed by atoms with van der Waals surface area (Å²) < 4.78 is 1.81. The molecular formula is C19H23N5O. The third-order valence-electron chi connectivity index (χ3n) is 4.18. The van der Waals surface area contributed by atoms with Crippen molar-refractivity contribution >= 4 is 22.5 Å². The van der Waals surface area contributed by atoms with Gasteiger partial charge in [0.05, 0.1) is 23.4 Å². The van der Waals surface area contributed by atoms with Crippen LogP contribution in [0.15, 0.2) is 30.5 Å². The fourth-order valence-electron chi connectivity index (χ4n) is 2.92. The molecule has 2 aromatic heterocycles. The van der Waals surface area contributed by atoms with Crippen molar-refractivity contribution in [2.75, 3.05) is 26.0 Å². The number of aryl methyl sites for hydroxylation is 3. The molecule has 1 N–H and O–H groups in total. The molecule has 0 fully saturated rings. The van der Waals surface area contributed by atoms with E-state index in [2.05, 4.69) is 29.5 Å². The van der Waals surface area contributed by atoms with Gasteiger partial charge >= 0.3 is 0 Å². The zero-order valence-electron chi connectivity index (χ0n) is 15.3. The van der Waals surface area contributed by atoms with Crippen LogP contribution in [-0.2, 0) is 11.8 Å². The van der Waals surface area contributed by atoms with Crippen molar-refractivity contribution in [3.63, 3.8) is 0 Å². The molecule has 0 unspecified atom stereocenters. The average molecular weight is 337 g/mol. The number of aromatic nitrogens is 3. The van der Waals surface area contributed by atoms with Gasteiger partial charge in [-0.1, -0.05) is 0 Å². The number of likely N-dealkylation sites (N-methyl/N-ethyl adjacent to an activating group) is 1. The van der Waals surface area contributed by atoms with Crippen LogP contribution in [0.3, 0.4) is 0 Å². The van der Waals surface area contributed by atoms with Crippen LogP contribution in [0.1, 0.15) is 11.1 Å². The normalized spacial score (nSPS) is 11.3. The van der Waals surface area contributed by atoms with Crippen molar-refractivity contribution in [1.29, 1.82) is 0 Å². The standard InChI is InChI=1S/C19H23N5O/c1-12-9-17(18-6-7-20-24(18)5)21-16-10-15(13(2)8-14(12)16)22-19(25)11-23(3)4/h6-10H,11H2,1-5H3,(H,22,25). The molecule has 6 heteroatoms. The molecule has 3 rings (SSSR count). The Labute approximate surface area is 147 Å². The molecule has 1 amide bonds. The fourth-order valence-corrected chi connectivity index (χ4v) is 2.92. The Morgan fingerprint density at radius 2 is 1.96 bits per heavy atom. The van der Waals surface area contributed by atoms with E-state index in [1.165, 1.54) is 0 Å². The van der Waals surface area contributed by atoms with Crippen LogP contribution in [-0.4, -0.2) is 46.2 Å². The largest absolute Gasteiger partial charge is 0.325 e. The predicted octanol–water partition coefficient (Wildman–Crippen LogP) is 2.75. The Bertz CT molecular complexity index is 942. The van der Waals surface area contributed by atoms with Crippen molar-refractivity contribution in [3.05, 3.63) is 41.6 Å². The van der Waals surface area contributed by atoms with E-state index in [1.807, 2.05) is 49.8 Å². The van der Waals surface area contributed by atoms with Crippen LogP contribution >= 0.6 is 0 Å². The Balaban J connectivity index is 2.05. The first-order valence-corrected chi connectivity index (χ1v) is 8.20. The number of carbonyl (C=O) groups is 1. The van der Waals surface area contributed by atoms with E-state index in [-0.39, 0.29) is 5.91 Å². The quantitative estimate of drug-likeness (QED) is 0.795. The molecule has 0 saturated carbocycles. The lowest BCUT2D eigenvalue weighted by atomic mass is 10.0. The Kier molecular flexibility index (Phi) is 4.55. The monoisotopic (exact) mass is 337 g/mol. The molecule has 0 saturated heterocycles. The molecule has 6 nitrogen and oxygen atoms in total. The Morgan fingerprint density at radius 1 is 1.20 bits per heavy atom. The molecule has 130 valence electrons. The van der Waals surface area contributed by atoms with E-state index in [0.29, 0.717) is 6.54 Å². The topological polar surface area (TPSA) is 63.1 Å². The van der Waals surface area contributed by atoms with Gasteiger partial charge in [0.15, 0.2) is 0 Å². The summed E-state index contributed by atoms with van der Waals surface area (Å²) in [5, 5.41) is 8.29. The molecule has 2 heterocycles. The van der Waals surface area contributed by atoms with Gasteiger partial charge in [0, 0.05) is 24.3 Å². The third kappa shape index (κ3) is 3.53. The number of pyridine rings is 1. The van der Waals surface area contributed by atoms with Gasteiger partial charge in [-0.2, -0.15) is 5.10 Å². The molecule has 1 aromatic carbocycles. The van der Waals surface area contributed by atoms with Crippen molar-refractivity contribution in [3.8, 4) is 11.4 Å². The maximum atomic E-state index is 12.1. The summed E-state index contributed by atoms with van der Waals surface area (Å²) in [4.78, 5) is 18.7. The molecule has 0 aliphatic rings. The van der Waals surface area contributed by atoms with Gasteiger partial charge in [0.1, 0.15) is 0 Å². The summed E-state index contributed by atoms with van der Waals surface area (Å²) in [5.41, 5.74) is 5.67. The molecular weight excluding hydrogens is 314 g/mol. The van der Waals surface area contributed by atoms with Gasteiger partial charge in [-0.05, 0) is 63.3 Å². The fraction of sp³-hybridized carbons (Fsp3) is 0.316. The number of hydrogen-bond acceptors (Lipinski definition) is 4. The van der Waals surface area contributed by atoms with Crippen LogP contribution < -0.4 is 5.32 Å². The zero-order chi connectivity index (χ0) is 18.1. The van der Waals surface area contributed by atoms with Crippen LogP contribution in [0, 0.1) is 13.8 Å². The summed E-state index contributed by atoms with van der Waals surface area (Å²) in [7, 11) is 5.65. The predicted molar refractivity (Wildman–Crippen MR) is 101 cm³/mol. The van der Waals surface area contributed by atoms with Crippen molar-refractivity contribution in [2.24, 2.45) is 7.05 Å². The number of nitrogens with zero attached hydrogens (tertiary/aromatic N) is 4. The minimum atomic E-state index is -0.0352. The number of fused-ring (bicyclic) bond motifs is 1. The summed E-state index contributed by atoms with van der Waals surface area (Å²) >= 11 is 0. The summed E-state index contributed by atoms with van der Waals surface area (Å²) in [6.07, 6.45) is 1.76. The minimum absolute atomic E-state index is 0.0352. The zero-order valence-corrected chi connectivity index (χ0v) is 15.3. The molecule has 25 heavy (non-hydrogen) atoms. The number of rotatable bonds is 4. The number of amides is 1. The maximum Gasteiger partial charge on any atom is 0.238 e. The highest BCUT2D eigenvalue weighted by molar-refractivity contribution is 5.96. The lowest BCUT2D eigenvalue weighted by molar-refractivity contribution is -0.116. The highest BCUT2D eigenvalue weighted by Crippen LogP contribution is 2.28. The first kappa shape index (κ1) is 17.1. The van der Waals surface area contributed by atoms with Gasteiger partial charge in [0.25, 0.3) is 0 Å². The molecule has 0 spiro atoms. The summed E-state index contributed by atoms with van der Waals surface area (Å²) in [6, 6.07) is 8.05. The van der Waals surface area contributed by atoms with Crippen LogP contribution in [0.4, 0.5) is 5.69 Å². The molecule has 0 bridgehead atoms. The Morgan fingerprint density at radius 3 is 2.60 bits per heavy atom. The van der Waals surface area contributed by atoms with Crippen molar-refractivity contribution < 1.29 is 4.79 Å². The van der Waals surface area contributed by atoms with Crippen LogP contribution in [0.25, 0.3) is 22.3 Å². The number of nitrogens with one attached hydrogen (secondary N) is 1. The molecule has 0 radical (unpaired) electrons. The molecule has 0 atom stereocenters. The highest BCUT2D eigenvalue weighted by Gasteiger charge is 2.12. The second-order valence-electron chi connectivity index (χ2n) is 6.63. The van der Waals surface area contributed by atoms with Gasteiger partial charge in [0.2, 0.25) is 5.91 Å². The first-order chi connectivity index (χ1) is 11.8. The number of hydrogen-bond donors (Lipinski definition) is 1. The van der Waals surface area contributed by atoms with Gasteiger partial charge in [-0.15, -0.1) is 0 Å². The highest BCUT2D eigenvalue weighted by atomic mass is 16.2. The van der Waals surface area contributed by atoms with E-state index < -0.39 is 0 Å². The summed E-state index contributed by atoms with van der Waals surface area (Å²) in [5.74, 6) is -0.0352. The molecule has 0 aliphatic heterocycles. The third-order valence-corrected chi connectivity index (χ3v) is 4.18. The van der Waals surface area contributed by atoms with Crippen LogP contribution in [0.5, 0.6) is 0 Å². The minimum Gasteiger partial charge on any atom is -0.325 e. The van der Waals surface area contributed by atoms with E-state index in [4.69, 9.17) is 4.98 Å². The van der Waals surface area contributed by atoms with Gasteiger partial charge in [-0.25, -0.2) is 4.98 Å². The molecule has 0 aliphatic carbocycles.